The van der Waals surface area contributed by atoms with Gasteiger partial charge in [0.2, 0.25) is 0 Å². The number of anilines is 1. The van der Waals surface area contributed by atoms with Crippen LogP contribution in [-0.2, 0) is 31.5 Å². The van der Waals surface area contributed by atoms with E-state index in [1.807, 2.05) is 7.05 Å². The Labute approximate surface area is 159 Å². The van der Waals surface area contributed by atoms with Gasteiger partial charge in [-0.05, 0) is 37.1 Å². The molecule has 3 aromatic rings. The Morgan fingerprint density at radius 2 is 1.96 bits per heavy atom. The highest BCUT2D eigenvalue weighted by Crippen LogP contribution is 2.21. The van der Waals surface area contributed by atoms with Crippen LogP contribution in [0.4, 0.5) is 5.82 Å². The summed E-state index contributed by atoms with van der Waals surface area (Å²) >= 11 is 0. The fraction of sp³-hybridized carbons (Fsp3) is 0.450. The van der Waals surface area contributed by atoms with Gasteiger partial charge in [0.05, 0.1) is 11.6 Å². The number of hydrogen-bond donors (Lipinski definition) is 1. The van der Waals surface area contributed by atoms with Crippen LogP contribution in [-0.4, -0.2) is 44.8 Å². The third-order valence-corrected chi connectivity index (χ3v) is 4.97. The number of hydrogen-bond acceptors (Lipinski definition) is 6. The van der Waals surface area contributed by atoms with Gasteiger partial charge in [0.15, 0.2) is 11.5 Å². The van der Waals surface area contributed by atoms with Gasteiger partial charge >= 0.3 is 0 Å². The average Bonchev–Trinajstić information content (AvgIpc) is 3.31. The molecule has 2 aromatic heterocycles. The Morgan fingerprint density at radius 3 is 2.78 bits per heavy atom. The third-order valence-electron chi connectivity index (χ3n) is 4.97. The van der Waals surface area contributed by atoms with Crippen LogP contribution in [0.25, 0.3) is 11.0 Å². The molecule has 1 saturated heterocycles. The lowest BCUT2D eigenvalue weighted by atomic mass is 10.1. The van der Waals surface area contributed by atoms with Crippen LogP contribution in [0.15, 0.2) is 30.5 Å². The molecule has 0 unspecified atom stereocenters. The van der Waals surface area contributed by atoms with Crippen LogP contribution in [0.2, 0.25) is 0 Å². The summed E-state index contributed by atoms with van der Waals surface area (Å²) in [7, 11) is 3.54. The van der Waals surface area contributed by atoms with Crippen LogP contribution in [0.1, 0.15) is 29.8 Å². The van der Waals surface area contributed by atoms with Crippen molar-refractivity contribution in [2.24, 2.45) is 7.05 Å². The largest absolute Gasteiger partial charge is 0.377 e. The standard InChI is InChI=1S/C20H26N6O/c1-25-20-17(12-22-25)19(23-18(24-20)14-27-2)21-11-15-6-5-7-16(10-15)13-26-8-3-4-9-26/h5-7,10,12H,3-4,8-9,11,13-14H2,1-2H3,(H,21,23,24). The van der Waals surface area contributed by atoms with Crippen LogP contribution in [0.3, 0.4) is 0 Å². The Morgan fingerprint density at radius 1 is 1.15 bits per heavy atom. The number of likely N-dealkylation sites (tertiary alicyclic amines) is 1. The molecule has 0 atom stereocenters. The first-order valence-electron chi connectivity index (χ1n) is 9.44. The number of aryl methyl sites for hydroxylation is 1. The number of nitrogens with one attached hydrogen (secondary N) is 1. The van der Waals surface area contributed by atoms with E-state index in [1.54, 1.807) is 18.0 Å². The zero-order valence-corrected chi connectivity index (χ0v) is 16.0. The van der Waals surface area contributed by atoms with Gasteiger partial charge in [-0.2, -0.15) is 5.10 Å². The summed E-state index contributed by atoms with van der Waals surface area (Å²) in [5.41, 5.74) is 3.42. The van der Waals surface area contributed by atoms with Gasteiger partial charge < -0.3 is 10.1 Å². The molecule has 1 aliphatic heterocycles. The van der Waals surface area contributed by atoms with Gasteiger partial charge in [-0.3, -0.25) is 9.58 Å². The molecule has 1 aliphatic rings. The van der Waals surface area contributed by atoms with Crippen molar-refractivity contribution in [2.75, 3.05) is 25.5 Å². The maximum atomic E-state index is 5.20. The monoisotopic (exact) mass is 366 g/mol. The number of fused-ring (bicyclic) bond motifs is 1. The van der Waals surface area contributed by atoms with E-state index in [0.29, 0.717) is 19.0 Å². The Balaban J connectivity index is 1.51. The lowest BCUT2D eigenvalue weighted by Crippen LogP contribution is -2.18. The second-order valence-corrected chi connectivity index (χ2v) is 7.08. The van der Waals surface area contributed by atoms with Gasteiger partial charge in [0, 0.05) is 27.2 Å². The summed E-state index contributed by atoms with van der Waals surface area (Å²) in [5, 5.41) is 8.70. The Hall–Kier alpha value is -2.51. The van der Waals surface area contributed by atoms with E-state index in [-0.39, 0.29) is 0 Å². The van der Waals surface area contributed by atoms with Crippen molar-refractivity contribution in [3.05, 3.63) is 47.4 Å². The van der Waals surface area contributed by atoms with E-state index in [0.717, 1.165) is 23.4 Å². The van der Waals surface area contributed by atoms with Crippen LogP contribution in [0, 0.1) is 0 Å². The first-order valence-corrected chi connectivity index (χ1v) is 9.44. The van der Waals surface area contributed by atoms with E-state index >= 15 is 0 Å². The van der Waals surface area contributed by atoms with Crippen molar-refractivity contribution < 1.29 is 4.74 Å². The van der Waals surface area contributed by atoms with E-state index in [1.165, 1.54) is 37.1 Å². The van der Waals surface area contributed by atoms with Crippen molar-refractivity contribution in [2.45, 2.75) is 32.5 Å². The lowest BCUT2D eigenvalue weighted by molar-refractivity contribution is 0.178. The van der Waals surface area contributed by atoms with Crippen molar-refractivity contribution >= 4 is 16.9 Å². The minimum Gasteiger partial charge on any atom is -0.377 e. The van der Waals surface area contributed by atoms with Crippen molar-refractivity contribution in [1.82, 2.24) is 24.6 Å². The lowest BCUT2D eigenvalue weighted by Gasteiger charge is -2.15. The van der Waals surface area contributed by atoms with Gasteiger partial charge in [-0.15, -0.1) is 0 Å². The van der Waals surface area contributed by atoms with E-state index in [9.17, 15) is 0 Å². The third kappa shape index (κ3) is 4.09. The minimum absolute atomic E-state index is 0.376. The topological polar surface area (TPSA) is 68.1 Å². The molecule has 7 heteroatoms. The summed E-state index contributed by atoms with van der Waals surface area (Å²) in [6.07, 6.45) is 4.44. The molecule has 142 valence electrons. The maximum Gasteiger partial charge on any atom is 0.163 e. The van der Waals surface area contributed by atoms with E-state index < -0.39 is 0 Å². The molecule has 27 heavy (non-hydrogen) atoms. The second kappa shape index (κ2) is 8.02. The number of methoxy groups -OCH3 is 1. The number of benzene rings is 1. The molecular formula is C20H26N6O. The molecule has 1 N–H and O–H groups in total. The van der Waals surface area contributed by atoms with Crippen LogP contribution >= 0.6 is 0 Å². The maximum absolute atomic E-state index is 5.20. The Bertz CT molecular complexity index is 916. The molecule has 0 spiro atoms. The zero-order chi connectivity index (χ0) is 18.6. The highest BCUT2D eigenvalue weighted by atomic mass is 16.5. The van der Waals surface area contributed by atoms with E-state index in [2.05, 4.69) is 49.5 Å². The summed E-state index contributed by atoms with van der Waals surface area (Å²) in [6, 6.07) is 8.78. The normalized spacial score (nSPS) is 14.9. The first-order chi connectivity index (χ1) is 13.2. The van der Waals surface area contributed by atoms with E-state index in [4.69, 9.17) is 4.74 Å². The summed E-state index contributed by atoms with van der Waals surface area (Å²) < 4.78 is 6.96. The Kier molecular flexibility index (Phi) is 5.31. The molecule has 0 bridgehead atoms. The number of nitrogens with zero attached hydrogens (tertiary/aromatic N) is 5. The van der Waals surface area contributed by atoms with Gasteiger partial charge in [0.25, 0.3) is 0 Å². The fourth-order valence-electron chi connectivity index (χ4n) is 3.62. The van der Waals surface area contributed by atoms with Crippen molar-refractivity contribution in [3.8, 4) is 0 Å². The zero-order valence-electron chi connectivity index (χ0n) is 16.0. The SMILES string of the molecule is COCc1nc(NCc2cccc(CN3CCCC3)c2)c2cnn(C)c2n1. The molecule has 1 aromatic carbocycles. The quantitative estimate of drug-likeness (QED) is 0.693. The summed E-state index contributed by atoms with van der Waals surface area (Å²) in [6.45, 7) is 4.55. The van der Waals surface area contributed by atoms with Crippen LogP contribution < -0.4 is 5.32 Å². The van der Waals surface area contributed by atoms with Gasteiger partial charge in [-0.1, -0.05) is 24.3 Å². The molecular weight excluding hydrogens is 340 g/mol. The molecule has 0 radical (unpaired) electrons. The number of rotatable bonds is 7. The molecule has 4 rings (SSSR count). The molecule has 0 aliphatic carbocycles. The second-order valence-electron chi connectivity index (χ2n) is 7.08. The fourth-order valence-corrected chi connectivity index (χ4v) is 3.62. The molecule has 7 nitrogen and oxygen atoms in total. The molecule has 0 amide bonds. The van der Waals surface area contributed by atoms with Gasteiger partial charge in [0.1, 0.15) is 12.4 Å². The number of ether oxygens (including phenoxy) is 1. The van der Waals surface area contributed by atoms with Crippen molar-refractivity contribution in [3.63, 3.8) is 0 Å². The smallest absolute Gasteiger partial charge is 0.163 e. The molecule has 0 saturated carbocycles. The highest BCUT2D eigenvalue weighted by Gasteiger charge is 2.13. The molecule has 3 heterocycles. The predicted molar refractivity (Wildman–Crippen MR) is 105 cm³/mol. The summed E-state index contributed by atoms with van der Waals surface area (Å²) in [4.78, 5) is 11.7. The average molecular weight is 366 g/mol. The summed E-state index contributed by atoms with van der Waals surface area (Å²) in [5.74, 6) is 1.45. The van der Waals surface area contributed by atoms with Crippen LogP contribution in [0.5, 0.6) is 0 Å². The van der Waals surface area contributed by atoms with Crippen molar-refractivity contribution in [1.29, 1.82) is 0 Å². The molecule has 1 fully saturated rings. The predicted octanol–water partition coefficient (Wildman–Crippen LogP) is 2.72. The minimum atomic E-state index is 0.376. The highest BCUT2D eigenvalue weighted by molar-refractivity contribution is 5.86. The first kappa shape index (κ1) is 17.9. The van der Waals surface area contributed by atoms with Gasteiger partial charge in [-0.25, -0.2) is 9.97 Å². The number of aromatic nitrogens is 4.